The van der Waals surface area contributed by atoms with E-state index < -0.39 is 24.0 Å². The van der Waals surface area contributed by atoms with E-state index in [4.69, 9.17) is 26.9 Å². The van der Waals surface area contributed by atoms with E-state index in [2.05, 4.69) is 0 Å². The van der Waals surface area contributed by atoms with Gasteiger partial charge in [-0.3, -0.25) is 9.63 Å². The van der Waals surface area contributed by atoms with Gasteiger partial charge in [0.25, 0.3) is 0 Å². The Hall–Kier alpha value is -1.38. The van der Waals surface area contributed by atoms with Crippen molar-refractivity contribution < 1.29 is 24.6 Å². The predicted molar refractivity (Wildman–Crippen MR) is 83.8 cm³/mol. The molecule has 0 aromatic heterocycles. The van der Waals surface area contributed by atoms with E-state index in [1.165, 1.54) is 12.2 Å². The molecule has 1 amide bonds. The zero-order valence-corrected chi connectivity index (χ0v) is 13.8. The lowest BCUT2D eigenvalue weighted by Crippen LogP contribution is -2.44. The van der Waals surface area contributed by atoms with E-state index in [9.17, 15) is 15.0 Å². The van der Waals surface area contributed by atoms with Crippen LogP contribution >= 0.6 is 11.6 Å². The van der Waals surface area contributed by atoms with Crippen molar-refractivity contribution in [3.05, 3.63) is 28.3 Å². The van der Waals surface area contributed by atoms with Crippen molar-refractivity contribution in [2.24, 2.45) is 11.7 Å². The standard InChI is InChI=1S/C15H21ClN2O5/c1-8-11(16)4-3-9(14(8)22-2)5-18-13(15(17)21)10(6-19)12(7-20)23-18/h3-4,10,12-13,19-20H,5-7H2,1-2H3,(H2,17,21). The summed E-state index contributed by atoms with van der Waals surface area (Å²) in [6, 6.07) is 2.67. The summed E-state index contributed by atoms with van der Waals surface area (Å²) in [6.07, 6.45) is -0.683. The summed E-state index contributed by atoms with van der Waals surface area (Å²) < 4.78 is 5.39. The number of ether oxygens (including phenoxy) is 1. The molecule has 0 aliphatic carbocycles. The first-order valence-corrected chi connectivity index (χ1v) is 7.58. The fourth-order valence-electron chi connectivity index (χ4n) is 2.91. The maximum Gasteiger partial charge on any atom is 0.237 e. The molecule has 0 spiro atoms. The lowest BCUT2D eigenvalue weighted by atomic mass is 9.95. The highest BCUT2D eigenvalue weighted by Gasteiger charge is 2.46. The smallest absolute Gasteiger partial charge is 0.237 e. The molecule has 0 radical (unpaired) electrons. The number of halogens is 1. The van der Waals surface area contributed by atoms with Gasteiger partial charge >= 0.3 is 0 Å². The first kappa shape index (κ1) is 18.0. The van der Waals surface area contributed by atoms with Gasteiger partial charge in [-0.15, -0.1) is 0 Å². The Bertz CT molecular complexity index is 583. The largest absolute Gasteiger partial charge is 0.496 e. The molecule has 23 heavy (non-hydrogen) atoms. The minimum Gasteiger partial charge on any atom is -0.496 e. The Labute approximate surface area is 139 Å². The Morgan fingerprint density at radius 3 is 2.65 bits per heavy atom. The molecule has 0 saturated carbocycles. The molecule has 1 fully saturated rings. The number of benzene rings is 1. The van der Waals surface area contributed by atoms with Crippen molar-refractivity contribution in [3.8, 4) is 5.75 Å². The third kappa shape index (κ3) is 3.44. The number of aliphatic hydroxyl groups is 2. The average Bonchev–Trinajstić information content (AvgIpc) is 2.89. The fourth-order valence-corrected chi connectivity index (χ4v) is 3.06. The molecule has 1 aliphatic heterocycles. The highest BCUT2D eigenvalue weighted by molar-refractivity contribution is 6.31. The molecule has 3 unspecified atom stereocenters. The number of amides is 1. The van der Waals surface area contributed by atoms with Crippen LogP contribution in [-0.4, -0.2) is 53.7 Å². The first-order chi connectivity index (χ1) is 10.9. The number of hydrogen-bond donors (Lipinski definition) is 3. The quantitative estimate of drug-likeness (QED) is 0.682. The van der Waals surface area contributed by atoms with Crippen LogP contribution in [0.1, 0.15) is 11.1 Å². The number of carbonyl (C=O) groups excluding carboxylic acids is 1. The number of primary amides is 1. The monoisotopic (exact) mass is 344 g/mol. The van der Waals surface area contributed by atoms with Crippen LogP contribution in [0.4, 0.5) is 0 Å². The third-order valence-corrected chi connectivity index (χ3v) is 4.51. The second-order valence-electron chi connectivity index (χ2n) is 5.46. The molecule has 2 rings (SSSR count). The molecule has 128 valence electrons. The summed E-state index contributed by atoms with van der Waals surface area (Å²) >= 11 is 6.09. The topological polar surface area (TPSA) is 105 Å². The van der Waals surface area contributed by atoms with Crippen LogP contribution in [0, 0.1) is 12.8 Å². The van der Waals surface area contributed by atoms with Gasteiger partial charge in [-0.25, -0.2) is 0 Å². The molecule has 8 heteroatoms. The Balaban J connectivity index is 2.31. The molecular formula is C15H21ClN2O5. The van der Waals surface area contributed by atoms with Crippen molar-refractivity contribution in [1.82, 2.24) is 5.06 Å². The van der Waals surface area contributed by atoms with Crippen molar-refractivity contribution in [2.45, 2.75) is 25.6 Å². The summed E-state index contributed by atoms with van der Waals surface area (Å²) in [5.74, 6) is -0.612. The third-order valence-electron chi connectivity index (χ3n) is 4.10. The number of carbonyl (C=O) groups is 1. The second kappa shape index (κ2) is 7.46. The molecule has 1 aromatic carbocycles. The summed E-state index contributed by atoms with van der Waals surface area (Å²) in [7, 11) is 1.53. The summed E-state index contributed by atoms with van der Waals surface area (Å²) in [6.45, 7) is 1.41. The fraction of sp³-hybridized carbons (Fsp3) is 0.533. The van der Waals surface area contributed by atoms with E-state index >= 15 is 0 Å². The molecule has 1 heterocycles. The molecule has 1 aromatic rings. The molecule has 1 saturated heterocycles. The van der Waals surface area contributed by atoms with Crippen molar-refractivity contribution in [2.75, 3.05) is 20.3 Å². The number of nitrogens with zero attached hydrogens (tertiary/aromatic N) is 1. The van der Waals surface area contributed by atoms with Gasteiger partial charge in [0.05, 0.1) is 26.9 Å². The average molecular weight is 345 g/mol. The Morgan fingerprint density at radius 1 is 1.43 bits per heavy atom. The van der Waals surface area contributed by atoms with Crippen molar-refractivity contribution >= 4 is 17.5 Å². The maximum atomic E-state index is 11.8. The molecule has 3 atom stereocenters. The molecule has 0 bridgehead atoms. The number of methoxy groups -OCH3 is 1. The molecule has 7 nitrogen and oxygen atoms in total. The summed E-state index contributed by atoms with van der Waals surface area (Å²) in [4.78, 5) is 17.4. The SMILES string of the molecule is COc1c(CN2OC(CO)C(CO)C2C(N)=O)ccc(Cl)c1C. The van der Waals surface area contributed by atoms with Crippen LogP contribution in [0.3, 0.4) is 0 Å². The van der Waals surface area contributed by atoms with Gasteiger partial charge in [-0.05, 0) is 13.0 Å². The van der Waals surface area contributed by atoms with E-state index in [1.54, 1.807) is 12.1 Å². The van der Waals surface area contributed by atoms with Gasteiger partial charge in [0.1, 0.15) is 17.9 Å². The second-order valence-corrected chi connectivity index (χ2v) is 5.87. The minimum absolute atomic E-state index is 0.210. The van der Waals surface area contributed by atoms with E-state index in [-0.39, 0.29) is 19.8 Å². The lowest BCUT2D eigenvalue weighted by Gasteiger charge is -2.23. The van der Waals surface area contributed by atoms with E-state index in [0.29, 0.717) is 10.8 Å². The van der Waals surface area contributed by atoms with Crippen molar-refractivity contribution in [3.63, 3.8) is 0 Å². The highest BCUT2D eigenvalue weighted by atomic mass is 35.5. The van der Waals surface area contributed by atoms with Gasteiger partial charge in [0.15, 0.2) is 0 Å². The highest BCUT2D eigenvalue weighted by Crippen LogP contribution is 2.34. The lowest BCUT2D eigenvalue weighted by molar-refractivity contribution is -0.180. The van der Waals surface area contributed by atoms with E-state index in [0.717, 1.165) is 11.1 Å². The zero-order chi connectivity index (χ0) is 17.1. The number of rotatable bonds is 6. The van der Waals surface area contributed by atoms with Gasteiger partial charge in [0, 0.05) is 22.1 Å². The zero-order valence-electron chi connectivity index (χ0n) is 13.0. The maximum absolute atomic E-state index is 11.8. The van der Waals surface area contributed by atoms with Crippen LogP contribution in [0.15, 0.2) is 12.1 Å². The predicted octanol–water partition coefficient (Wildman–Crippen LogP) is 0.228. The van der Waals surface area contributed by atoms with Crippen LogP contribution in [-0.2, 0) is 16.2 Å². The first-order valence-electron chi connectivity index (χ1n) is 7.21. The van der Waals surface area contributed by atoms with Crippen molar-refractivity contribution in [1.29, 1.82) is 0 Å². The number of hydrogen-bond acceptors (Lipinski definition) is 6. The van der Waals surface area contributed by atoms with Gasteiger partial charge < -0.3 is 20.7 Å². The number of nitrogens with two attached hydrogens (primary N) is 1. The Kier molecular flexibility index (Phi) is 5.83. The molecular weight excluding hydrogens is 324 g/mol. The number of hydroxylamine groups is 2. The van der Waals surface area contributed by atoms with Crippen LogP contribution in [0.25, 0.3) is 0 Å². The molecule has 1 aliphatic rings. The Morgan fingerprint density at radius 2 is 2.13 bits per heavy atom. The normalized spacial score (nSPS) is 24.8. The number of aliphatic hydroxyl groups excluding tert-OH is 2. The van der Waals surface area contributed by atoms with Crippen LogP contribution in [0.2, 0.25) is 5.02 Å². The molecule has 4 N–H and O–H groups in total. The summed E-state index contributed by atoms with van der Waals surface area (Å²) in [5.41, 5.74) is 6.98. The van der Waals surface area contributed by atoms with Gasteiger partial charge in [-0.2, -0.15) is 5.06 Å². The van der Waals surface area contributed by atoms with Crippen LogP contribution in [0.5, 0.6) is 5.75 Å². The van der Waals surface area contributed by atoms with Crippen LogP contribution < -0.4 is 10.5 Å². The van der Waals surface area contributed by atoms with Gasteiger partial charge in [-0.1, -0.05) is 17.7 Å². The van der Waals surface area contributed by atoms with Gasteiger partial charge in [0.2, 0.25) is 5.91 Å². The van der Waals surface area contributed by atoms with E-state index in [1.807, 2.05) is 6.92 Å². The minimum atomic E-state index is -0.835. The summed E-state index contributed by atoms with van der Waals surface area (Å²) in [5, 5.41) is 20.8.